The number of hydrogen-bond donors (Lipinski definition) is 1. The molecule has 60 valence electrons. The van der Waals surface area contributed by atoms with Crippen molar-refractivity contribution in [3.8, 4) is 5.75 Å². The number of halogens is 2. The Labute approximate surface area is 82.9 Å². The molecule has 1 aromatic rings. The molecule has 0 fully saturated rings. The van der Waals surface area contributed by atoms with Crippen LogP contribution in [0, 0.1) is 0 Å². The van der Waals surface area contributed by atoms with Gasteiger partial charge in [-0.1, -0.05) is 11.6 Å². The maximum absolute atomic E-state index is 9.24. The number of benzene rings is 1. The van der Waals surface area contributed by atoms with Gasteiger partial charge in [0.1, 0.15) is 5.75 Å². The molecule has 0 heterocycles. The molecule has 4 heteroatoms. The Kier molecular flexibility index (Phi) is 3.10. The third-order valence-electron chi connectivity index (χ3n) is 1.23. The summed E-state index contributed by atoms with van der Waals surface area (Å²) in [5.74, 6) is 0.101. The van der Waals surface area contributed by atoms with Gasteiger partial charge in [-0.3, -0.25) is 0 Å². The second kappa shape index (κ2) is 3.70. The Morgan fingerprint density at radius 1 is 1.55 bits per heavy atom. The quantitative estimate of drug-likeness (QED) is 0.773. The number of aromatic hydroxyl groups is 1. The Bertz CT molecular complexity index is 254. The summed E-state index contributed by atoms with van der Waals surface area (Å²) in [6.07, 6.45) is 1.95. The highest BCUT2D eigenvalue weighted by Crippen LogP contribution is 2.35. The van der Waals surface area contributed by atoms with Crippen molar-refractivity contribution in [1.82, 2.24) is 0 Å². The van der Waals surface area contributed by atoms with Gasteiger partial charge in [-0.05, 0) is 34.3 Å². The zero-order valence-corrected chi connectivity index (χ0v) is 8.92. The maximum atomic E-state index is 9.24. The van der Waals surface area contributed by atoms with Crippen LogP contribution >= 0.6 is 39.3 Å². The summed E-state index contributed by atoms with van der Waals surface area (Å²) in [7, 11) is 0. The molecular weight excluding hydrogens is 247 g/mol. The van der Waals surface area contributed by atoms with E-state index in [4.69, 9.17) is 11.6 Å². The number of phenols is 1. The summed E-state index contributed by atoms with van der Waals surface area (Å²) in [5, 5.41) is 9.62. The topological polar surface area (TPSA) is 20.2 Å². The average Bonchev–Trinajstić information content (AvgIpc) is 1.99. The molecule has 0 amide bonds. The van der Waals surface area contributed by atoms with Gasteiger partial charge in [0.05, 0.1) is 9.50 Å². The van der Waals surface area contributed by atoms with Crippen LogP contribution in [0.2, 0.25) is 5.02 Å². The molecule has 1 N–H and O–H groups in total. The number of thioether (sulfide) groups is 1. The van der Waals surface area contributed by atoms with Gasteiger partial charge in [-0.15, -0.1) is 11.8 Å². The standard InChI is InChI=1S/C7H6BrClOS/c1-11-4-2-5(8)7(10)6(9)3-4/h2-3,10H,1H3. The van der Waals surface area contributed by atoms with E-state index in [1.165, 1.54) is 0 Å². The van der Waals surface area contributed by atoms with Crippen LogP contribution in [0.15, 0.2) is 21.5 Å². The van der Waals surface area contributed by atoms with E-state index in [1.54, 1.807) is 17.8 Å². The maximum Gasteiger partial charge on any atom is 0.148 e. The van der Waals surface area contributed by atoms with E-state index in [1.807, 2.05) is 12.3 Å². The van der Waals surface area contributed by atoms with Crippen molar-refractivity contribution >= 4 is 39.3 Å². The molecular formula is C7H6BrClOS. The van der Waals surface area contributed by atoms with Gasteiger partial charge in [0.15, 0.2) is 0 Å². The molecule has 1 nitrogen and oxygen atoms in total. The number of hydrogen-bond acceptors (Lipinski definition) is 2. The lowest BCUT2D eigenvalue weighted by molar-refractivity contribution is 0.471. The van der Waals surface area contributed by atoms with Crippen molar-refractivity contribution < 1.29 is 5.11 Å². The van der Waals surface area contributed by atoms with Crippen LogP contribution < -0.4 is 0 Å². The summed E-state index contributed by atoms with van der Waals surface area (Å²) in [5.41, 5.74) is 0. The number of phenolic OH excluding ortho intramolecular Hbond substituents is 1. The summed E-state index contributed by atoms with van der Waals surface area (Å²) in [4.78, 5) is 1.03. The van der Waals surface area contributed by atoms with Crippen LogP contribution in [0.5, 0.6) is 5.75 Å². The predicted octanol–water partition coefficient (Wildman–Crippen LogP) is 3.53. The molecule has 0 aliphatic carbocycles. The van der Waals surface area contributed by atoms with Gasteiger partial charge < -0.3 is 5.11 Å². The van der Waals surface area contributed by atoms with Crippen molar-refractivity contribution in [2.45, 2.75) is 4.90 Å². The van der Waals surface area contributed by atoms with E-state index >= 15 is 0 Å². The Balaban J connectivity index is 3.21. The summed E-state index contributed by atoms with van der Waals surface area (Å²) in [6, 6.07) is 3.55. The molecule has 0 aliphatic rings. The summed E-state index contributed by atoms with van der Waals surface area (Å²) in [6.45, 7) is 0. The first kappa shape index (κ1) is 9.23. The zero-order valence-electron chi connectivity index (χ0n) is 5.77. The van der Waals surface area contributed by atoms with Gasteiger partial charge in [0.25, 0.3) is 0 Å². The largest absolute Gasteiger partial charge is 0.505 e. The highest BCUT2D eigenvalue weighted by molar-refractivity contribution is 9.10. The molecule has 0 saturated heterocycles. The summed E-state index contributed by atoms with van der Waals surface area (Å²) < 4.78 is 0.634. The van der Waals surface area contributed by atoms with Crippen molar-refractivity contribution in [2.24, 2.45) is 0 Å². The molecule has 1 aromatic carbocycles. The van der Waals surface area contributed by atoms with E-state index in [0.717, 1.165) is 4.90 Å². The average molecular weight is 254 g/mol. The molecule has 0 bridgehead atoms. The first-order valence-electron chi connectivity index (χ1n) is 2.87. The SMILES string of the molecule is CSc1cc(Cl)c(O)c(Br)c1. The minimum Gasteiger partial charge on any atom is -0.505 e. The zero-order chi connectivity index (χ0) is 8.43. The Hall–Kier alpha value is 0.140. The van der Waals surface area contributed by atoms with Crippen LogP contribution in [0.4, 0.5) is 0 Å². The Morgan fingerprint density at radius 3 is 2.64 bits per heavy atom. The van der Waals surface area contributed by atoms with Crippen LogP contribution in [0.1, 0.15) is 0 Å². The number of rotatable bonds is 1. The molecule has 0 spiro atoms. The van der Waals surface area contributed by atoms with E-state index < -0.39 is 0 Å². The molecule has 0 aromatic heterocycles. The van der Waals surface area contributed by atoms with Crippen molar-refractivity contribution in [1.29, 1.82) is 0 Å². The lowest BCUT2D eigenvalue weighted by Crippen LogP contribution is -1.74. The van der Waals surface area contributed by atoms with Crippen LogP contribution in [-0.2, 0) is 0 Å². The highest BCUT2D eigenvalue weighted by Gasteiger charge is 2.04. The second-order valence-corrected chi connectivity index (χ2v) is 4.08. The van der Waals surface area contributed by atoms with Crippen molar-refractivity contribution in [3.63, 3.8) is 0 Å². The molecule has 0 saturated carbocycles. The molecule has 1 rings (SSSR count). The highest BCUT2D eigenvalue weighted by atomic mass is 79.9. The third kappa shape index (κ3) is 2.04. The fourth-order valence-electron chi connectivity index (χ4n) is 0.660. The first-order chi connectivity index (χ1) is 5.15. The van der Waals surface area contributed by atoms with Crippen molar-refractivity contribution in [3.05, 3.63) is 21.6 Å². The van der Waals surface area contributed by atoms with Crippen LogP contribution in [0.25, 0.3) is 0 Å². The van der Waals surface area contributed by atoms with Gasteiger partial charge >= 0.3 is 0 Å². The lowest BCUT2D eigenvalue weighted by Gasteiger charge is -2.01. The first-order valence-corrected chi connectivity index (χ1v) is 5.26. The molecule has 0 atom stereocenters. The summed E-state index contributed by atoms with van der Waals surface area (Å²) >= 11 is 10.5. The molecule has 0 radical (unpaired) electrons. The fraction of sp³-hybridized carbons (Fsp3) is 0.143. The molecule has 0 unspecified atom stereocenters. The van der Waals surface area contributed by atoms with Crippen LogP contribution in [-0.4, -0.2) is 11.4 Å². The normalized spacial score (nSPS) is 10.1. The lowest BCUT2D eigenvalue weighted by atomic mass is 10.3. The fourth-order valence-corrected chi connectivity index (χ4v) is 2.14. The minimum absolute atomic E-state index is 0.101. The molecule has 0 aliphatic heterocycles. The van der Waals surface area contributed by atoms with Gasteiger partial charge in [-0.25, -0.2) is 0 Å². The molecule has 11 heavy (non-hydrogen) atoms. The van der Waals surface area contributed by atoms with E-state index in [2.05, 4.69) is 15.9 Å². The Morgan fingerprint density at radius 2 is 2.18 bits per heavy atom. The van der Waals surface area contributed by atoms with Crippen molar-refractivity contribution in [2.75, 3.05) is 6.26 Å². The van der Waals surface area contributed by atoms with E-state index in [9.17, 15) is 5.11 Å². The second-order valence-electron chi connectivity index (χ2n) is 1.94. The van der Waals surface area contributed by atoms with E-state index in [-0.39, 0.29) is 5.75 Å². The smallest absolute Gasteiger partial charge is 0.148 e. The minimum atomic E-state index is 0.101. The van der Waals surface area contributed by atoms with E-state index in [0.29, 0.717) is 9.50 Å². The van der Waals surface area contributed by atoms with Gasteiger partial charge in [0.2, 0.25) is 0 Å². The third-order valence-corrected chi connectivity index (χ3v) is 2.83. The van der Waals surface area contributed by atoms with Gasteiger partial charge in [-0.2, -0.15) is 0 Å². The predicted molar refractivity (Wildman–Crippen MR) is 52.6 cm³/mol. The van der Waals surface area contributed by atoms with Gasteiger partial charge in [0, 0.05) is 4.90 Å². The monoisotopic (exact) mass is 252 g/mol. The van der Waals surface area contributed by atoms with Crippen LogP contribution in [0.3, 0.4) is 0 Å².